The van der Waals surface area contributed by atoms with E-state index in [-0.39, 0.29) is 5.69 Å². The molecule has 0 radical (unpaired) electrons. The third-order valence-corrected chi connectivity index (χ3v) is 3.67. The Morgan fingerprint density at radius 3 is 2.83 bits per heavy atom. The highest BCUT2D eigenvalue weighted by Gasteiger charge is 2.06. The minimum Gasteiger partial charge on any atom is -0.497 e. The van der Waals surface area contributed by atoms with E-state index in [1.54, 1.807) is 7.11 Å². The van der Waals surface area contributed by atoms with Gasteiger partial charge in [-0.25, -0.2) is 9.48 Å². The molecule has 0 aliphatic rings. The van der Waals surface area contributed by atoms with Crippen LogP contribution in [0.5, 0.6) is 5.75 Å². The number of rotatable bonds is 6. The smallest absolute Gasteiger partial charge is 0.343 e. The van der Waals surface area contributed by atoms with E-state index >= 15 is 0 Å². The Balaban J connectivity index is 1.68. The Bertz CT molecular complexity index is 882. The number of aromatic nitrogens is 3. The van der Waals surface area contributed by atoms with Gasteiger partial charge in [-0.3, -0.25) is 4.98 Å². The van der Waals surface area contributed by atoms with Gasteiger partial charge in [0.1, 0.15) is 11.6 Å². The highest BCUT2D eigenvalue weighted by Crippen LogP contribution is 2.16. The summed E-state index contributed by atoms with van der Waals surface area (Å²) in [6, 6.07) is 15.7. The van der Waals surface area contributed by atoms with Crippen molar-refractivity contribution in [1.29, 1.82) is 0 Å². The summed E-state index contributed by atoms with van der Waals surface area (Å²) in [5.74, 6) is 1.37. The van der Waals surface area contributed by atoms with Gasteiger partial charge in [0.15, 0.2) is 0 Å². The molecule has 1 heterocycles. The molecule has 2 N–H and O–H groups in total. The van der Waals surface area contributed by atoms with Gasteiger partial charge >= 0.3 is 5.69 Å². The monoisotopic (exact) mass is 324 g/mol. The Morgan fingerprint density at radius 1 is 1.21 bits per heavy atom. The summed E-state index contributed by atoms with van der Waals surface area (Å²) in [5, 5.41) is 7.57. The number of anilines is 1. The highest BCUT2D eigenvalue weighted by atomic mass is 16.5. The lowest BCUT2D eigenvalue weighted by Crippen LogP contribution is -2.18. The van der Waals surface area contributed by atoms with Crippen molar-refractivity contribution in [3.63, 3.8) is 0 Å². The lowest BCUT2D eigenvalue weighted by atomic mass is 10.1. The second-order valence-corrected chi connectivity index (χ2v) is 5.61. The number of H-pyrrole nitrogens is 1. The largest absolute Gasteiger partial charge is 0.497 e. The van der Waals surface area contributed by atoms with E-state index in [1.807, 2.05) is 49.4 Å². The van der Waals surface area contributed by atoms with E-state index in [2.05, 4.69) is 21.5 Å². The van der Waals surface area contributed by atoms with Crippen LogP contribution in [0.15, 0.2) is 53.3 Å². The zero-order chi connectivity index (χ0) is 16.9. The van der Waals surface area contributed by atoms with E-state index in [4.69, 9.17) is 4.74 Å². The van der Waals surface area contributed by atoms with Crippen LogP contribution in [0, 0.1) is 6.92 Å². The van der Waals surface area contributed by atoms with Gasteiger partial charge in [-0.15, -0.1) is 0 Å². The Labute approximate surface area is 140 Å². The van der Waals surface area contributed by atoms with Gasteiger partial charge in [0.05, 0.1) is 20.2 Å². The number of hydrogen-bond donors (Lipinski definition) is 2. The lowest BCUT2D eigenvalue weighted by Gasteiger charge is -2.06. The lowest BCUT2D eigenvalue weighted by molar-refractivity contribution is 0.415. The van der Waals surface area contributed by atoms with Crippen molar-refractivity contribution in [3.8, 4) is 5.75 Å². The molecule has 0 saturated heterocycles. The fraction of sp³-hybridized carbons (Fsp3) is 0.222. The summed E-state index contributed by atoms with van der Waals surface area (Å²) in [4.78, 5) is 14.8. The van der Waals surface area contributed by atoms with Crippen molar-refractivity contribution < 1.29 is 4.74 Å². The molecule has 6 heteroatoms. The van der Waals surface area contributed by atoms with Crippen LogP contribution < -0.4 is 15.7 Å². The maximum atomic E-state index is 12.0. The van der Waals surface area contributed by atoms with Gasteiger partial charge in [-0.05, 0) is 24.6 Å². The maximum Gasteiger partial charge on any atom is 0.343 e. The van der Waals surface area contributed by atoms with E-state index in [1.165, 1.54) is 4.68 Å². The van der Waals surface area contributed by atoms with Gasteiger partial charge in [0, 0.05) is 11.8 Å². The molecule has 0 aliphatic carbocycles. The fourth-order valence-corrected chi connectivity index (χ4v) is 2.49. The third kappa shape index (κ3) is 3.84. The minimum atomic E-state index is -0.209. The van der Waals surface area contributed by atoms with Crippen LogP contribution in [-0.4, -0.2) is 21.9 Å². The van der Waals surface area contributed by atoms with Crippen molar-refractivity contribution in [2.45, 2.75) is 20.0 Å². The van der Waals surface area contributed by atoms with Crippen molar-refractivity contribution in [3.05, 3.63) is 76.0 Å². The first-order valence-corrected chi connectivity index (χ1v) is 7.73. The second kappa shape index (κ2) is 7.04. The number of benzene rings is 2. The van der Waals surface area contributed by atoms with Gasteiger partial charge < -0.3 is 10.1 Å². The molecule has 6 nitrogen and oxygen atoms in total. The molecule has 0 aliphatic heterocycles. The van der Waals surface area contributed by atoms with E-state index < -0.39 is 0 Å². The number of nitrogens with one attached hydrogen (secondary N) is 2. The van der Waals surface area contributed by atoms with Crippen LogP contribution in [0.3, 0.4) is 0 Å². The molecule has 3 aromatic rings. The molecule has 3 rings (SSSR count). The number of methoxy groups -OCH3 is 1. The van der Waals surface area contributed by atoms with Crippen LogP contribution >= 0.6 is 0 Å². The Kier molecular flexibility index (Phi) is 4.65. The predicted molar refractivity (Wildman–Crippen MR) is 93.4 cm³/mol. The molecule has 0 spiro atoms. The van der Waals surface area contributed by atoms with Crippen LogP contribution in [0.1, 0.15) is 17.0 Å². The van der Waals surface area contributed by atoms with Gasteiger partial charge in [-0.2, -0.15) is 5.10 Å². The zero-order valence-corrected chi connectivity index (χ0v) is 13.7. The summed E-state index contributed by atoms with van der Waals surface area (Å²) in [6.07, 6.45) is 0. The quantitative estimate of drug-likeness (QED) is 0.731. The van der Waals surface area contributed by atoms with Crippen LogP contribution in [0.2, 0.25) is 0 Å². The normalized spacial score (nSPS) is 10.6. The van der Waals surface area contributed by atoms with E-state index in [0.29, 0.717) is 18.9 Å². The molecule has 0 amide bonds. The van der Waals surface area contributed by atoms with Gasteiger partial charge in [-0.1, -0.05) is 35.9 Å². The number of hydrogen-bond acceptors (Lipinski definition) is 4. The standard InChI is InChI=1S/C18H20N4O2/c1-13-5-3-6-14(9-13)12-22-18(23)20-17(21-22)11-19-15-7-4-8-16(10-15)24-2/h3-10,19H,11-12H2,1-2H3,(H,20,21,23). The van der Waals surface area contributed by atoms with Gasteiger partial charge in [0.2, 0.25) is 0 Å². The Morgan fingerprint density at radius 2 is 2.04 bits per heavy atom. The third-order valence-electron chi connectivity index (χ3n) is 3.67. The average molecular weight is 324 g/mol. The molecule has 2 aromatic carbocycles. The Hall–Kier alpha value is -3.02. The molecule has 1 aromatic heterocycles. The fourth-order valence-electron chi connectivity index (χ4n) is 2.49. The number of ether oxygens (including phenoxy) is 1. The first kappa shape index (κ1) is 15.9. The molecule has 0 bridgehead atoms. The molecule has 124 valence electrons. The van der Waals surface area contributed by atoms with Gasteiger partial charge in [0.25, 0.3) is 0 Å². The van der Waals surface area contributed by atoms with Crippen LogP contribution in [-0.2, 0) is 13.1 Å². The number of nitrogens with zero attached hydrogens (tertiary/aromatic N) is 2. The average Bonchev–Trinajstić information content (AvgIpc) is 2.93. The van der Waals surface area contributed by atoms with Crippen molar-refractivity contribution in [2.75, 3.05) is 12.4 Å². The van der Waals surface area contributed by atoms with Crippen molar-refractivity contribution in [1.82, 2.24) is 14.8 Å². The zero-order valence-electron chi connectivity index (χ0n) is 13.7. The summed E-state index contributed by atoms with van der Waals surface area (Å²) in [6.45, 7) is 2.92. The number of aromatic amines is 1. The highest BCUT2D eigenvalue weighted by molar-refractivity contribution is 5.48. The minimum absolute atomic E-state index is 0.209. The number of aryl methyl sites for hydroxylation is 1. The predicted octanol–water partition coefficient (Wildman–Crippen LogP) is 2.55. The van der Waals surface area contributed by atoms with Crippen molar-refractivity contribution in [2.24, 2.45) is 0 Å². The maximum absolute atomic E-state index is 12.0. The molecule has 0 unspecified atom stereocenters. The van der Waals surface area contributed by atoms with E-state index in [9.17, 15) is 4.79 Å². The molecule has 0 fully saturated rings. The second-order valence-electron chi connectivity index (χ2n) is 5.61. The summed E-state index contributed by atoms with van der Waals surface area (Å²) < 4.78 is 6.63. The summed E-state index contributed by atoms with van der Waals surface area (Å²) in [5.41, 5.74) is 2.91. The molecular formula is C18H20N4O2. The molecule has 24 heavy (non-hydrogen) atoms. The summed E-state index contributed by atoms with van der Waals surface area (Å²) in [7, 11) is 1.63. The molecule has 0 saturated carbocycles. The molecule has 0 atom stereocenters. The SMILES string of the molecule is COc1cccc(NCc2nn(Cc3cccc(C)c3)c(=O)[nH]2)c1. The summed E-state index contributed by atoms with van der Waals surface area (Å²) >= 11 is 0. The molecular weight excluding hydrogens is 304 g/mol. The van der Waals surface area contributed by atoms with E-state index in [0.717, 1.165) is 22.6 Å². The first-order valence-electron chi connectivity index (χ1n) is 7.73. The van der Waals surface area contributed by atoms with Crippen LogP contribution in [0.4, 0.5) is 5.69 Å². The topological polar surface area (TPSA) is 71.9 Å². The first-order chi connectivity index (χ1) is 11.6. The van der Waals surface area contributed by atoms with Crippen LogP contribution in [0.25, 0.3) is 0 Å². The van der Waals surface area contributed by atoms with Crippen molar-refractivity contribution >= 4 is 5.69 Å².